The molecule has 28 heavy (non-hydrogen) atoms. The molecule has 1 aromatic carbocycles. The number of hydrogen-bond donors (Lipinski definition) is 1. The number of thiocarbonyl (C=S) groups is 1. The summed E-state index contributed by atoms with van der Waals surface area (Å²) in [6, 6.07) is 8.50. The Kier molecular flexibility index (Phi) is 7.57. The van der Waals surface area contributed by atoms with Crippen molar-refractivity contribution in [1.29, 1.82) is 0 Å². The lowest BCUT2D eigenvalue weighted by Gasteiger charge is -2.16. The number of alkyl halides is 2. The van der Waals surface area contributed by atoms with E-state index < -0.39 is 12.7 Å². The molecule has 0 saturated carbocycles. The lowest BCUT2D eigenvalue weighted by Crippen LogP contribution is -2.51. The van der Waals surface area contributed by atoms with E-state index in [1.807, 2.05) is 31.1 Å². The van der Waals surface area contributed by atoms with E-state index >= 15 is 0 Å². The van der Waals surface area contributed by atoms with Crippen LogP contribution in [0.5, 0.6) is 5.75 Å². The van der Waals surface area contributed by atoms with Gasteiger partial charge in [-0.1, -0.05) is 18.3 Å². The highest BCUT2D eigenvalue weighted by Gasteiger charge is 2.33. The van der Waals surface area contributed by atoms with Gasteiger partial charge in [-0.15, -0.1) is 6.58 Å². The van der Waals surface area contributed by atoms with Crippen LogP contribution in [0.15, 0.2) is 61.4 Å². The van der Waals surface area contributed by atoms with Crippen LogP contribution in [0.1, 0.15) is 16.4 Å². The first-order valence-corrected chi connectivity index (χ1v) is 8.90. The quantitative estimate of drug-likeness (QED) is 0.300. The highest BCUT2D eigenvalue weighted by Crippen LogP contribution is 2.18. The number of ether oxygens (including phenoxy) is 1. The number of halogens is 2. The van der Waals surface area contributed by atoms with E-state index in [2.05, 4.69) is 16.6 Å². The van der Waals surface area contributed by atoms with Gasteiger partial charge < -0.3 is 15.0 Å². The Morgan fingerprint density at radius 3 is 2.36 bits per heavy atom. The van der Waals surface area contributed by atoms with Crippen LogP contribution in [0.4, 0.5) is 14.5 Å². The first-order chi connectivity index (χ1) is 13.3. The molecule has 0 aliphatic rings. The van der Waals surface area contributed by atoms with E-state index in [-0.39, 0.29) is 11.5 Å². The predicted octanol–water partition coefficient (Wildman–Crippen LogP) is 3.17. The molecule has 1 N–H and O–H groups in total. The summed E-state index contributed by atoms with van der Waals surface area (Å²) in [6.07, 6.45) is 5.19. The molecule has 0 saturated heterocycles. The second kappa shape index (κ2) is 9.89. The van der Waals surface area contributed by atoms with E-state index in [4.69, 9.17) is 12.2 Å². The van der Waals surface area contributed by atoms with Crippen molar-refractivity contribution in [2.75, 3.05) is 25.5 Å². The normalized spacial score (nSPS) is 11.6. The Morgan fingerprint density at radius 2 is 1.86 bits per heavy atom. The minimum atomic E-state index is -2.92. The summed E-state index contributed by atoms with van der Waals surface area (Å²) in [7, 11) is 3.84. The maximum absolute atomic E-state index is 13.1. The average Bonchev–Trinajstić information content (AvgIpc) is 2.67. The molecule has 0 bridgehead atoms. The number of Topliss-reactive ketones (excluding diaryl/α,β-unsaturated/α-hetero) is 1. The molecule has 148 valence electrons. The van der Waals surface area contributed by atoms with Crippen LogP contribution in [0.3, 0.4) is 0 Å². The Hall–Kier alpha value is -2.87. The first-order valence-electron chi connectivity index (χ1n) is 8.49. The second-order valence-electron chi connectivity index (χ2n) is 6.10. The lowest BCUT2D eigenvalue weighted by atomic mass is 10.0. The third kappa shape index (κ3) is 5.56. The maximum Gasteiger partial charge on any atom is 0.387 e. The number of aromatic nitrogens is 1. The van der Waals surface area contributed by atoms with Crippen molar-refractivity contribution in [3.8, 4) is 5.75 Å². The van der Waals surface area contributed by atoms with Crippen LogP contribution in [0.25, 0.3) is 0 Å². The van der Waals surface area contributed by atoms with E-state index in [0.717, 1.165) is 5.69 Å². The van der Waals surface area contributed by atoms with Crippen LogP contribution in [0, 0.1) is 0 Å². The molecule has 2 rings (SSSR count). The molecule has 0 spiro atoms. The summed E-state index contributed by atoms with van der Waals surface area (Å²) in [4.78, 5) is 15.4. The molecule has 1 aromatic heterocycles. The number of ketones is 1. The fourth-order valence-electron chi connectivity index (χ4n) is 2.52. The van der Waals surface area contributed by atoms with Crippen LogP contribution in [-0.4, -0.2) is 38.0 Å². The molecule has 2 aromatic rings. The highest BCUT2D eigenvalue weighted by atomic mass is 32.1. The zero-order valence-corrected chi connectivity index (χ0v) is 16.5. The number of carbonyl (C=O) groups excluding carboxylic acids is 1. The van der Waals surface area contributed by atoms with Crippen molar-refractivity contribution in [1.82, 2.24) is 5.32 Å². The van der Waals surface area contributed by atoms with Crippen LogP contribution in [0.2, 0.25) is 0 Å². The van der Waals surface area contributed by atoms with Gasteiger partial charge in [0.15, 0.2) is 17.4 Å². The zero-order valence-electron chi connectivity index (χ0n) is 15.6. The number of rotatable bonds is 9. The summed E-state index contributed by atoms with van der Waals surface area (Å²) in [5.74, 6) is -0.286. The van der Waals surface area contributed by atoms with Gasteiger partial charge in [-0.2, -0.15) is 13.3 Å². The van der Waals surface area contributed by atoms with Gasteiger partial charge >= 0.3 is 6.61 Å². The molecule has 0 amide bonds. The van der Waals surface area contributed by atoms with Crippen molar-refractivity contribution < 1.29 is 22.9 Å². The van der Waals surface area contributed by atoms with Gasteiger partial charge in [-0.05, 0) is 24.3 Å². The smallest absolute Gasteiger partial charge is 0.387 e. The number of nitrogens with zero attached hydrogens (tertiary/aromatic N) is 2. The van der Waals surface area contributed by atoms with Crippen molar-refractivity contribution >= 4 is 28.7 Å². The van der Waals surface area contributed by atoms with Crippen molar-refractivity contribution in [2.45, 2.75) is 12.7 Å². The third-order valence-corrected chi connectivity index (χ3v) is 4.30. The number of carbonyl (C=O) groups is 1. The number of hydrogen-bond acceptors (Lipinski definition) is 4. The van der Waals surface area contributed by atoms with Gasteiger partial charge in [0, 0.05) is 44.0 Å². The Morgan fingerprint density at radius 1 is 1.25 bits per heavy atom. The van der Waals surface area contributed by atoms with Gasteiger partial charge in [0.05, 0.1) is 0 Å². The summed E-state index contributed by atoms with van der Waals surface area (Å²) in [5, 5.41) is 2.99. The lowest BCUT2D eigenvalue weighted by molar-refractivity contribution is -0.692. The van der Waals surface area contributed by atoms with Crippen LogP contribution in [-0.2, 0) is 0 Å². The largest absolute Gasteiger partial charge is 0.435 e. The van der Waals surface area contributed by atoms with Gasteiger partial charge in [0.25, 0.3) is 6.04 Å². The summed E-state index contributed by atoms with van der Waals surface area (Å²) in [6.45, 7) is 1.13. The highest BCUT2D eigenvalue weighted by molar-refractivity contribution is 7.80. The fraction of sp³-hybridized carbons (Fsp3) is 0.250. The fourth-order valence-corrected chi connectivity index (χ4v) is 2.83. The zero-order chi connectivity index (χ0) is 20.7. The molecular weight excluding hydrogens is 384 g/mol. The second-order valence-corrected chi connectivity index (χ2v) is 6.54. The summed E-state index contributed by atoms with van der Waals surface area (Å²) in [5.41, 5.74) is 1.31. The van der Waals surface area contributed by atoms with E-state index in [1.165, 1.54) is 24.3 Å². The van der Waals surface area contributed by atoms with E-state index in [0.29, 0.717) is 17.1 Å². The Balaban J connectivity index is 2.33. The molecule has 0 aliphatic heterocycles. The van der Waals surface area contributed by atoms with Crippen molar-refractivity contribution in [3.05, 3.63) is 67.0 Å². The van der Waals surface area contributed by atoms with Gasteiger partial charge in [0.1, 0.15) is 5.75 Å². The SMILES string of the molecule is C=CCNC(=S)[C@@H](C(=O)c1ccc(OC(F)F)cc1)[n+]1ccc(N(C)C)cc1. The number of pyridine rings is 1. The monoisotopic (exact) mass is 406 g/mol. The molecular formula is C20H22F2N3O2S+. The molecule has 1 heterocycles. The number of anilines is 1. The van der Waals surface area contributed by atoms with Crippen LogP contribution < -0.4 is 19.5 Å². The third-order valence-electron chi connectivity index (χ3n) is 3.93. The molecule has 8 heteroatoms. The summed E-state index contributed by atoms with van der Waals surface area (Å²) < 4.78 is 30.7. The molecule has 0 fully saturated rings. The Labute approximate surface area is 168 Å². The molecule has 0 aliphatic carbocycles. The van der Waals surface area contributed by atoms with E-state index in [9.17, 15) is 13.6 Å². The molecule has 0 radical (unpaired) electrons. The van der Waals surface area contributed by atoms with Crippen molar-refractivity contribution in [2.24, 2.45) is 0 Å². The van der Waals surface area contributed by atoms with Gasteiger partial charge in [-0.25, -0.2) is 0 Å². The van der Waals surface area contributed by atoms with Crippen LogP contribution >= 0.6 is 12.2 Å². The topological polar surface area (TPSA) is 45.5 Å². The molecule has 0 unspecified atom stereocenters. The minimum absolute atomic E-state index is 0.0153. The average molecular weight is 406 g/mol. The number of nitrogens with one attached hydrogen (secondary N) is 1. The van der Waals surface area contributed by atoms with E-state index in [1.54, 1.807) is 23.0 Å². The van der Waals surface area contributed by atoms with Gasteiger partial charge in [0.2, 0.25) is 5.78 Å². The summed E-state index contributed by atoms with van der Waals surface area (Å²) >= 11 is 5.43. The van der Waals surface area contributed by atoms with Crippen molar-refractivity contribution in [3.63, 3.8) is 0 Å². The first kappa shape index (κ1) is 21.4. The standard InChI is InChI=1S/C20H21F2N3O2S/c1-4-11-23-19(28)17(25-12-9-15(10-13-25)24(2)3)18(26)14-5-7-16(8-6-14)27-20(21)22/h4-10,12-13,17,20H,1,11H2,2-3H3/p+1/t17-/m1/s1. The van der Waals surface area contributed by atoms with Gasteiger partial charge in [-0.3, -0.25) is 4.79 Å². The molecule has 5 nitrogen and oxygen atoms in total. The minimum Gasteiger partial charge on any atom is -0.435 e. The maximum atomic E-state index is 13.1. The predicted molar refractivity (Wildman–Crippen MR) is 108 cm³/mol. The molecule has 1 atom stereocenters. The Bertz CT molecular complexity index is 824. The number of benzene rings is 1.